The molecular formula is C27H29N7O. The molecular weight excluding hydrogens is 438 g/mol. The van der Waals surface area contributed by atoms with Crippen molar-refractivity contribution >= 4 is 11.6 Å². The molecule has 178 valence electrons. The molecule has 1 N–H and O–H groups in total. The SMILES string of the molecule is CCn1cc(-c2ccnc(Nc3ccc4c(c3)CCN(C3COC3)CC4)n2)c(-c2cccnc2)n1. The highest BCUT2D eigenvalue weighted by atomic mass is 16.5. The number of aromatic nitrogens is 5. The van der Waals surface area contributed by atoms with Crippen LogP contribution in [0.4, 0.5) is 11.6 Å². The van der Waals surface area contributed by atoms with Crippen molar-refractivity contribution < 1.29 is 4.74 Å². The Morgan fingerprint density at radius 1 is 1.06 bits per heavy atom. The van der Waals surface area contributed by atoms with Crippen LogP contribution in [-0.2, 0) is 24.1 Å². The molecule has 4 aromatic rings. The molecule has 5 heterocycles. The normalized spacial score (nSPS) is 16.4. The minimum Gasteiger partial charge on any atom is -0.378 e. The number of nitrogens with one attached hydrogen (secondary N) is 1. The van der Waals surface area contributed by atoms with E-state index in [9.17, 15) is 0 Å². The van der Waals surface area contributed by atoms with E-state index in [1.165, 1.54) is 11.1 Å². The largest absolute Gasteiger partial charge is 0.378 e. The second-order valence-corrected chi connectivity index (χ2v) is 9.09. The van der Waals surface area contributed by atoms with Gasteiger partial charge in [0.1, 0.15) is 5.69 Å². The first-order valence-corrected chi connectivity index (χ1v) is 12.3. The average molecular weight is 468 g/mol. The first-order valence-electron chi connectivity index (χ1n) is 12.3. The van der Waals surface area contributed by atoms with Crippen LogP contribution in [0.2, 0.25) is 0 Å². The number of pyridine rings is 1. The van der Waals surface area contributed by atoms with E-state index in [2.05, 4.69) is 45.3 Å². The standard InChI is InChI=1S/C27H29N7O/c1-2-34-16-24(26(32-34)21-4-3-10-28-15-21)25-7-11-29-27(31-25)30-22-6-5-19-8-12-33(23-17-35-18-23)13-9-20(19)14-22/h3-7,10-11,14-16,23H,2,8-9,12-13,17-18H2,1H3,(H,29,30,31). The number of hydrogen-bond donors (Lipinski definition) is 1. The lowest BCUT2D eigenvalue weighted by molar-refractivity contribution is -0.0634. The van der Waals surface area contributed by atoms with Crippen molar-refractivity contribution in [1.29, 1.82) is 0 Å². The van der Waals surface area contributed by atoms with Gasteiger partial charge in [0.15, 0.2) is 0 Å². The van der Waals surface area contributed by atoms with Gasteiger partial charge in [-0.15, -0.1) is 0 Å². The minimum atomic E-state index is 0.575. The predicted octanol–water partition coefficient (Wildman–Crippen LogP) is 3.97. The smallest absolute Gasteiger partial charge is 0.227 e. The van der Waals surface area contributed by atoms with Crippen molar-refractivity contribution in [2.45, 2.75) is 32.4 Å². The van der Waals surface area contributed by atoms with Crippen molar-refractivity contribution in [3.63, 3.8) is 0 Å². The van der Waals surface area contributed by atoms with Crippen LogP contribution in [0.3, 0.4) is 0 Å². The summed E-state index contributed by atoms with van der Waals surface area (Å²) in [5.41, 5.74) is 7.48. The van der Waals surface area contributed by atoms with E-state index >= 15 is 0 Å². The first kappa shape index (κ1) is 21.9. The van der Waals surface area contributed by atoms with E-state index in [1.807, 2.05) is 35.3 Å². The van der Waals surface area contributed by atoms with E-state index < -0.39 is 0 Å². The Balaban J connectivity index is 1.24. The molecule has 8 nitrogen and oxygen atoms in total. The lowest BCUT2D eigenvalue weighted by atomic mass is 10.0. The zero-order chi connectivity index (χ0) is 23.6. The summed E-state index contributed by atoms with van der Waals surface area (Å²) in [7, 11) is 0. The molecule has 1 fully saturated rings. The molecule has 0 atom stereocenters. The maximum absolute atomic E-state index is 5.40. The predicted molar refractivity (Wildman–Crippen MR) is 135 cm³/mol. The van der Waals surface area contributed by atoms with Crippen LogP contribution in [-0.4, -0.2) is 62.0 Å². The second kappa shape index (κ2) is 9.56. The van der Waals surface area contributed by atoms with Crippen LogP contribution < -0.4 is 5.32 Å². The van der Waals surface area contributed by atoms with E-state index in [-0.39, 0.29) is 0 Å². The summed E-state index contributed by atoms with van der Waals surface area (Å²) in [6.07, 6.45) is 9.57. The van der Waals surface area contributed by atoms with E-state index in [0.717, 1.165) is 73.9 Å². The van der Waals surface area contributed by atoms with Crippen LogP contribution in [0.1, 0.15) is 18.1 Å². The van der Waals surface area contributed by atoms with Gasteiger partial charge in [-0.25, -0.2) is 9.97 Å². The molecule has 0 bridgehead atoms. The zero-order valence-electron chi connectivity index (χ0n) is 19.9. The Kier molecular flexibility index (Phi) is 5.98. The highest BCUT2D eigenvalue weighted by Crippen LogP contribution is 2.30. The van der Waals surface area contributed by atoms with Crippen molar-refractivity contribution in [3.05, 3.63) is 72.3 Å². The first-order chi connectivity index (χ1) is 17.3. The number of hydrogen-bond acceptors (Lipinski definition) is 7. The van der Waals surface area contributed by atoms with Crippen molar-refractivity contribution in [1.82, 2.24) is 29.6 Å². The molecule has 6 rings (SSSR count). The number of ether oxygens (including phenoxy) is 1. The van der Waals surface area contributed by atoms with Gasteiger partial charge in [-0.3, -0.25) is 14.6 Å². The monoisotopic (exact) mass is 467 g/mol. The Morgan fingerprint density at radius 2 is 1.94 bits per heavy atom. The van der Waals surface area contributed by atoms with Crippen LogP contribution in [0.15, 0.2) is 61.2 Å². The molecule has 8 heteroatoms. The Bertz CT molecular complexity index is 1320. The van der Waals surface area contributed by atoms with Gasteiger partial charge in [-0.2, -0.15) is 5.10 Å². The molecule has 1 aromatic carbocycles. The molecule has 0 spiro atoms. The van der Waals surface area contributed by atoms with Gasteiger partial charge in [-0.1, -0.05) is 6.07 Å². The molecule has 0 aliphatic carbocycles. The van der Waals surface area contributed by atoms with Crippen LogP contribution in [0.25, 0.3) is 22.5 Å². The third-order valence-corrected chi connectivity index (χ3v) is 6.89. The van der Waals surface area contributed by atoms with Crippen molar-refractivity contribution in [3.8, 4) is 22.5 Å². The fourth-order valence-electron chi connectivity index (χ4n) is 4.80. The van der Waals surface area contributed by atoms with Gasteiger partial charge in [0.2, 0.25) is 5.95 Å². The van der Waals surface area contributed by atoms with Crippen molar-refractivity contribution in [2.75, 3.05) is 31.6 Å². The molecule has 35 heavy (non-hydrogen) atoms. The number of benzene rings is 1. The summed E-state index contributed by atoms with van der Waals surface area (Å²) in [6, 6.07) is 13.1. The van der Waals surface area contributed by atoms with Gasteiger partial charge in [0.05, 0.1) is 24.9 Å². The molecule has 1 saturated heterocycles. The van der Waals surface area contributed by atoms with E-state index in [1.54, 1.807) is 12.4 Å². The summed E-state index contributed by atoms with van der Waals surface area (Å²) in [5.74, 6) is 0.575. The maximum Gasteiger partial charge on any atom is 0.227 e. The van der Waals surface area contributed by atoms with Crippen LogP contribution in [0, 0.1) is 0 Å². The minimum absolute atomic E-state index is 0.575. The molecule has 0 saturated carbocycles. The van der Waals surface area contributed by atoms with E-state index in [4.69, 9.17) is 14.8 Å². The molecule has 0 unspecified atom stereocenters. The number of anilines is 2. The van der Waals surface area contributed by atoms with Gasteiger partial charge < -0.3 is 10.1 Å². The van der Waals surface area contributed by atoms with E-state index in [0.29, 0.717) is 12.0 Å². The van der Waals surface area contributed by atoms with Gasteiger partial charge in [0, 0.05) is 61.2 Å². The molecule has 3 aromatic heterocycles. The zero-order valence-corrected chi connectivity index (χ0v) is 19.9. The quantitative estimate of drug-likeness (QED) is 0.460. The van der Waals surface area contributed by atoms with Gasteiger partial charge in [-0.05, 0) is 61.2 Å². The maximum atomic E-state index is 5.40. The molecule has 2 aliphatic heterocycles. The molecule has 0 radical (unpaired) electrons. The Labute approximate surface area is 205 Å². The van der Waals surface area contributed by atoms with Gasteiger partial charge >= 0.3 is 0 Å². The third-order valence-electron chi connectivity index (χ3n) is 6.89. The molecule has 2 aliphatic rings. The third kappa shape index (κ3) is 4.54. The number of nitrogens with zero attached hydrogens (tertiary/aromatic N) is 6. The summed E-state index contributed by atoms with van der Waals surface area (Å²) in [4.78, 5) is 16.2. The Morgan fingerprint density at radius 3 is 2.71 bits per heavy atom. The topological polar surface area (TPSA) is 81.0 Å². The summed E-state index contributed by atoms with van der Waals surface area (Å²) >= 11 is 0. The number of rotatable bonds is 6. The number of fused-ring (bicyclic) bond motifs is 1. The summed E-state index contributed by atoms with van der Waals surface area (Å²) < 4.78 is 7.33. The van der Waals surface area contributed by atoms with Crippen LogP contribution in [0.5, 0.6) is 0 Å². The lowest BCUT2D eigenvalue weighted by Gasteiger charge is -2.36. The lowest BCUT2D eigenvalue weighted by Crippen LogP contribution is -2.49. The summed E-state index contributed by atoms with van der Waals surface area (Å²) in [5, 5.41) is 8.18. The molecule has 0 amide bonds. The highest BCUT2D eigenvalue weighted by Gasteiger charge is 2.27. The average Bonchev–Trinajstić information content (AvgIpc) is 3.20. The second-order valence-electron chi connectivity index (χ2n) is 9.09. The van der Waals surface area contributed by atoms with Gasteiger partial charge in [0.25, 0.3) is 0 Å². The van der Waals surface area contributed by atoms with Crippen molar-refractivity contribution in [2.24, 2.45) is 0 Å². The number of aryl methyl sites for hydroxylation is 1. The Hall–Kier alpha value is -3.62. The van der Waals surface area contributed by atoms with Crippen LogP contribution >= 0.6 is 0 Å². The summed E-state index contributed by atoms with van der Waals surface area (Å²) in [6.45, 7) is 6.78. The fourth-order valence-corrected chi connectivity index (χ4v) is 4.80. The fraction of sp³-hybridized carbons (Fsp3) is 0.333. The highest BCUT2D eigenvalue weighted by molar-refractivity contribution is 5.78.